The fourth-order valence-corrected chi connectivity index (χ4v) is 5.89. The Bertz CT molecular complexity index is 861. The second-order valence-electron chi connectivity index (χ2n) is 10.6. The van der Waals surface area contributed by atoms with Crippen molar-refractivity contribution in [3.63, 3.8) is 0 Å². The van der Waals surface area contributed by atoms with Crippen molar-refractivity contribution in [3.05, 3.63) is 51.7 Å². The molecule has 1 aromatic heterocycles. The van der Waals surface area contributed by atoms with Crippen LogP contribution < -0.4 is 4.74 Å². The van der Waals surface area contributed by atoms with Crippen LogP contribution >= 0.6 is 11.3 Å². The molecule has 0 spiro atoms. The van der Waals surface area contributed by atoms with E-state index in [2.05, 4.69) is 62.2 Å². The number of nitrogens with zero attached hydrogens (tertiary/aromatic N) is 1. The summed E-state index contributed by atoms with van der Waals surface area (Å²) >= 11 is 1.86. The van der Waals surface area contributed by atoms with Gasteiger partial charge in [-0.2, -0.15) is 0 Å². The van der Waals surface area contributed by atoms with Crippen molar-refractivity contribution in [3.8, 4) is 5.75 Å². The van der Waals surface area contributed by atoms with E-state index in [4.69, 9.17) is 4.74 Å². The highest BCUT2D eigenvalue weighted by Crippen LogP contribution is 2.32. The van der Waals surface area contributed by atoms with Gasteiger partial charge in [0.2, 0.25) is 0 Å². The van der Waals surface area contributed by atoms with Crippen LogP contribution in [0.5, 0.6) is 5.75 Å². The second kappa shape index (κ2) is 14.0. The summed E-state index contributed by atoms with van der Waals surface area (Å²) in [4.78, 5) is 16.8. The zero-order valence-corrected chi connectivity index (χ0v) is 22.7. The summed E-state index contributed by atoms with van der Waals surface area (Å²) in [5.74, 6) is 2.07. The molecule has 0 N–H and O–H groups in total. The molecule has 1 heterocycles. The van der Waals surface area contributed by atoms with Crippen molar-refractivity contribution in [2.75, 3.05) is 13.1 Å². The van der Waals surface area contributed by atoms with Crippen molar-refractivity contribution in [2.24, 2.45) is 11.8 Å². The molecule has 0 saturated carbocycles. The highest BCUT2D eigenvalue weighted by atomic mass is 32.1. The largest absolute Gasteiger partial charge is 0.426 e. The second-order valence-corrected chi connectivity index (χ2v) is 11.6. The molecule has 0 aliphatic heterocycles. The molecule has 1 aliphatic carbocycles. The van der Waals surface area contributed by atoms with Gasteiger partial charge in [-0.15, -0.1) is 11.3 Å². The minimum absolute atomic E-state index is 0.0743. The Labute approximate surface area is 211 Å². The maximum absolute atomic E-state index is 12.6. The Balaban J connectivity index is 1.52. The van der Waals surface area contributed by atoms with E-state index in [0.29, 0.717) is 18.4 Å². The monoisotopic (exact) mass is 483 g/mol. The highest BCUT2D eigenvalue weighted by Gasteiger charge is 2.26. The number of fused-ring (bicyclic) bond motifs is 1. The fraction of sp³-hybridized carbons (Fsp3) is 0.633. The van der Waals surface area contributed by atoms with Crippen LogP contribution in [-0.2, 0) is 24.1 Å². The molecule has 2 atom stereocenters. The molecule has 0 bridgehead atoms. The number of hydrogen-bond acceptors (Lipinski definition) is 4. The Kier molecular flexibility index (Phi) is 11.1. The minimum atomic E-state index is -0.0743. The van der Waals surface area contributed by atoms with Crippen LogP contribution in [0.1, 0.15) is 88.6 Å². The third-order valence-electron chi connectivity index (χ3n) is 7.21. The first-order valence-electron chi connectivity index (χ1n) is 13.5. The van der Waals surface area contributed by atoms with Crippen molar-refractivity contribution < 1.29 is 9.53 Å². The van der Waals surface area contributed by atoms with Crippen molar-refractivity contribution in [1.82, 2.24) is 4.90 Å². The maximum atomic E-state index is 12.6. The first-order chi connectivity index (χ1) is 16.5. The van der Waals surface area contributed by atoms with Crippen LogP contribution in [0, 0.1) is 11.8 Å². The van der Waals surface area contributed by atoms with Crippen LogP contribution in [-0.4, -0.2) is 30.0 Å². The van der Waals surface area contributed by atoms with E-state index in [1.807, 2.05) is 17.4 Å². The lowest BCUT2D eigenvalue weighted by Gasteiger charge is -2.35. The summed E-state index contributed by atoms with van der Waals surface area (Å²) in [5, 5.41) is 2.17. The molecule has 34 heavy (non-hydrogen) atoms. The molecule has 2 aromatic rings. The van der Waals surface area contributed by atoms with Gasteiger partial charge in [0.1, 0.15) is 5.75 Å². The number of rotatable bonds is 14. The molecule has 1 aromatic carbocycles. The van der Waals surface area contributed by atoms with E-state index in [1.54, 1.807) is 0 Å². The molecule has 1 aliphatic rings. The minimum Gasteiger partial charge on any atom is -0.426 e. The van der Waals surface area contributed by atoms with E-state index in [0.717, 1.165) is 56.9 Å². The van der Waals surface area contributed by atoms with Gasteiger partial charge in [-0.1, -0.05) is 65.2 Å². The number of carbonyl (C=O) groups excluding carboxylic acids is 1. The third kappa shape index (κ3) is 8.53. The first kappa shape index (κ1) is 26.9. The maximum Gasteiger partial charge on any atom is 0.311 e. The predicted molar refractivity (Wildman–Crippen MR) is 145 cm³/mol. The van der Waals surface area contributed by atoms with Gasteiger partial charge in [-0.05, 0) is 85.5 Å². The number of ether oxygens (including phenoxy) is 1. The average Bonchev–Trinajstić information content (AvgIpc) is 3.34. The third-order valence-corrected chi connectivity index (χ3v) is 8.15. The zero-order chi connectivity index (χ0) is 24.3. The molecule has 3 rings (SSSR count). The number of thiophene rings is 1. The van der Waals surface area contributed by atoms with Crippen LogP contribution in [0.2, 0.25) is 0 Å². The number of carbonyl (C=O) groups is 1. The number of benzene rings is 1. The number of hydrogen-bond donors (Lipinski definition) is 0. The molecule has 0 radical (unpaired) electrons. The Morgan fingerprint density at radius 3 is 2.71 bits per heavy atom. The van der Waals surface area contributed by atoms with Crippen molar-refractivity contribution in [2.45, 2.75) is 97.9 Å². The Morgan fingerprint density at radius 2 is 1.97 bits per heavy atom. The highest BCUT2D eigenvalue weighted by molar-refractivity contribution is 7.09. The summed E-state index contributed by atoms with van der Waals surface area (Å²) in [6.07, 6.45) is 10.7. The van der Waals surface area contributed by atoms with Gasteiger partial charge in [0.25, 0.3) is 0 Å². The van der Waals surface area contributed by atoms with Gasteiger partial charge in [0, 0.05) is 23.9 Å². The molecular weight excluding hydrogens is 438 g/mol. The van der Waals surface area contributed by atoms with E-state index in [-0.39, 0.29) is 5.97 Å². The van der Waals surface area contributed by atoms with Gasteiger partial charge < -0.3 is 4.74 Å². The van der Waals surface area contributed by atoms with E-state index in [1.165, 1.54) is 41.7 Å². The SMILES string of the molecule is CCCN(CCc1cccs1)C1CCc2c(cccc2OC(=O)CCC(C)CCCC(C)C)C1. The summed E-state index contributed by atoms with van der Waals surface area (Å²) in [6, 6.07) is 11.3. The van der Waals surface area contributed by atoms with Crippen molar-refractivity contribution in [1.29, 1.82) is 0 Å². The zero-order valence-electron chi connectivity index (χ0n) is 21.9. The van der Waals surface area contributed by atoms with Crippen LogP contribution in [0.4, 0.5) is 0 Å². The van der Waals surface area contributed by atoms with Gasteiger partial charge in [0.15, 0.2) is 0 Å². The Hall–Kier alpha value is -1.65. The van der Waals surface area contributed by atoms with Gasteiger partial charge in [-0.25, -0.2) is 0 Å². The predicted octanol–water partition coefficient (Wildman–Crippen LogP) is 7.71. The lowest BCUT2D eigenvalue weighted by Crippen LogP contribution is -2.41. The molecule has 0 saturated heterocycles. The average molecular weight is 484 g/mol. The van der Waals surface area contributed by atoms with Gasteiger partial charge in [-0.3, -0.25) is 9.69 Å². The summed E-state index contributed by atoms with van der Waals surface area (Å²) in [6.45, 7) is 11.4. The lowest BCUT2D eigenvalue weighted by atomic mass is 9.86. The smallest absolute Gasteiger partial charge is 0.311 e. The van der Waals surface area contributed by atoms with Crippen molar-refractivity contribution >= 4 is 17.3 Å². The number of esters is 1. The van der Waals surface area contributed by atoms with Gasteiger partial charge >= 0.3 is 5.97 Å². The molecule has 0 fully saturated rings. The standard InChI is InChI=1S/C30H45NO2S/c1-5-19-31(20-18-27-12-8-21-34-27)26-15-16-28-25(22-26)11-7-13-29(28)33-30(32)17-14-24(4)10-6-9-23(2)3/h7-8,11-13,21,23-24,26H,5-6,9-10,14-20,22H2,1-4H3. The van der Waals surface area contributed by atoms with E-state index >= 15 is 0 Å². The fourth-order valence-electron chi connectivity index (χ4n) is 5.19. The Morgan fingerprint density at radius 1 is 1.12 bits per heavy atom. The first-order valence-corrected chi connectivity index (χ1v) is 14.4. The van der Waals surface area contributed by atoms with E-state index in [9.17, 15) is 4.79 Å². The summed E-state index contributed by atoms with van der Waals surface area (Å²) in [5.41, 5.74) is 2.62. The normalized spacial score (nSPS) is 16.6. The lowest BCUT2D eigenvalue weighted by molar-refractivity contribution is -0.134. The molecular formula is C30H45NO2S. The molecule has 3 nitrogen and oxygen atoms in total. The summed E-state index contributed by atoms with van der Waals surface area (Å²) in [7, 11) is 0. The quantitative estimate of drug-likeness (QED) is 0.204. The van der Waals surface area contributed by atoms with E-state index < -0.39 is 0 Å². The van der Waals surface area contributed by atoms with Crippen LogP contribution in [0.25, 0.3) is 0 Å². The summed E-state index contributed by atoms with van der Waals surface area (Å²) < 4.78 is 5.89. The molecule has 188 valence electrons. The topological polar surface area (TPSA) is 29.5 Å². The van der Waals surface area contributed by atoms with Crippen LogP contribution in [0.15, 0.2) is 35.7 Å². The molecule has 4 heteroatoms. The molecule has 0 amide bonds. The van der Waals surface area contributed by atoms with Gasteiger partial charge in [0.05, 0.1) is 0 Å². The molecule has 2 unspecified atom stereocenters. The van der Waals surface area contributed by atoms with Crippen LogP contribution in [0.3, 0.4) is 0 Å².